The van der Waals surface area contributed by atoms with Crippen LogP contribution in [0.4, 0.5) is 0 Å². The molecule has 2 aliphatic rings. The van der Waals surface area contributed by atoms with Gasteiger partial charge in [0.05, 0.1) is 17.8 Å². The van der Waals surface area contributed by atoms with Crippen molar-refractivity contribution in [1.29, 1.82) is 0 Å². The lowest BCUT2D eigenvalue weighted by atomic mass is 9.75. The molecule has 0 saturated carbocycles. The van der Waals surface area contributed by atoms with Crippen molar-refractivity contribution in [2.45, 2.75) is 38.6 Å². The molecule has 12 heavy (non-hydrogen) atoms. The van der Waals surface area contributed by atoms with E-state index in [2.05, 4.69) is 12.2 Å². The number of rotatable bonds is 0. The van der Waals surface area contributed by atoms with Crippen molar-refractivity contribution in [1.82, 2.24) is 0 Å². The summed E-state index contributed by atoms with van der Waals surface area (Å²) in [5.41, 5.74) is -0.586. The van der Waals surface area contributed by atoms with Crippen LogP contribution in [0.15, 0.2) is 12.2 Å². The first-order valence-corrected chi connectivity index (χ1v) is 4.59. The number of hydrogen-bond acceptors (Lipinski definition) is 2. The topological polar surface area (TPSA) is 29.5 Å². The van der Waals surface area contributed by atoms with Gasteiger partial charge < -0.3 is 9.84 Å². The van der Waals surface area contributed by atoms with E-state index >= 15 is 0 Å². The molecule has 1 unspecified atom stereocenters. The average Bonchev–Trinajstić information content (AvgIpc) is 2.45. The van der Waals surface area contributed by atoms with Gasteiger partial charge in [-0.05, 0) is 6.92 Å². The van der Waals surface area contributed by atoms with Crippen LogP contribution in [0.2, 0.25) is 0 Å². The summed E-state index contributed by atoms with van der Waals surface area (Å²) in [6, 6.07) is 0. The summed E-state index contributed by atoms with van der Waals surface area (Å²) >= 11 is 0. The molecule has 2 heterocycles. The molecule has 0 amide bonds. The predicted molar refractivity (Wildman–Crippen MR) is 46.8 cm³/mol. The van der Waals surface area contributed by atoms with E-state index in [4.69, 9.17) is 4.74 Å². The molecule has 68 valence electrons. The van der Waals surface area contributed by atoms with E-state index < -0.39 is 5.60 Å². The Morgan fingerprint density at radius 1 is 1.17 bits per heavy atom. The second-order valence-corrected chi connectivity index (χ2v) is 4.25. The van der Waals surface area contributed by atoms with Crippen molar-refractivity contribution in [3.8, 4) is 0 Å². The van der Waals surface area contributed by atoms with Gasteiger partial charge in [-0.15, -0.1) is 0 Å². The highest BCUT2D eigenvalue weighted by Crippen LogP contribution is 2.42. The largest absolute Gasteiger partial charge is 0.389 e. The molecule has 1 fully saturated rings. The quantitative estimate of drug-likeness (QED) is 0.553. The summed E-state index contributed by atoms with van der Waals surface area (Å²) in [5.74, 6) is 0.394. The fraction of sp³-hybridized carbons (Fsp3) is 0.800. The highest BCUT2D eigenvalue weighted by molar-refractivity contribution is 5.14. The molecule has 2 heteroatoms. The third-order valence-corrected chi connectivity index (χ3v) is 3.63. The molecule has 0 radical (unpaired) electrons. The highest BCUT2D eigenvalue weighted by Gasteiger charge is 2.49. The average molecular weight is 168 g/mol. The Bertz CT molecular complexity index is 200. The van der Waals surface area contributed by atoms with Crippen LogP contribution in [-0.4, -0.2) is 22.9 Å². The Labute approximate surface area is 73.2 Å². The van der Waals surface area contributed by atoms with E-state index in [-0.39, 0.29) is 24.0 Å². The van der Waals surface area contributed by atoms with Gasteiger partial charge in [-0.3, -0.25) is 0 Å². The predicted octanol–water partition coefficient (Wildman–Crippen LogP) is 1.35. The maximum atomic E-state index is 10.2. The molecule has 2 bridgehead atoms. The van der Waals surface area contributed by atoms with Crippen LogP contribution in [0.3, 0.4) is 0 Å². The summed E-state index contributed by atoms with van der Waals surface area (Å²) in [6.45, 7) is 6.01. The van der Waals surface area contributed by atoms with Gasteiger partial charge in [-0.25, -0.2) is 0 Å². The standard InChI is InChI=1S/C10H16O2/c1-6-8-4-5-9(12-8)7(2)10(6,3)11/h4-9,11H,1-3H3/t6-,7+,8+,9?,10-/m0/s1. The SMILES string of the molecule is C[C@@H]1C2C=C[C@@H](O2)[C@H](C)[C@]1(C)O. The summed E-state index contributed by atoms with van der Waals surface area (Å²) in [6.07, 6.45) is 4.41. The molecule has 1 saturated heterocycles. The Balaban J connectivity index is 2.31. The zero-order valence-electron chi connectivity index (χ0n) is 7.82. The van der Waals surface area contributed by atoms with E-state index in [0.717, 1.165) is 0 Å². The third kappa shape index (κ3) is 0.882. The lowest BCUT2D eigenvalue weighted by molar-refractivity contribution is -0.171. The van der Waals surface area contributed by atoms with Crippen LogP contribution in [0.1, 0.15) is 20.8 Å². The second kappa shape index (κ2) is 2.33. The minimum Gasteiger partial charge on any atom is -0.389 e. The van der Waals surface area contributed by atoms with Gasteiger partial charge in [0.15, 0.2) is 0 Å². The number of hydrogen-bond donors (Lipinski definition) is 1. The molecule has 0 aromatic rings. The van der Waals surface area contributed by atoms with Crippen LogP contribution in [-0.2, 0) is 4.74 Å². The van der Waals surface area contributed by atoms with Crippen LogP contribution in [0.5, 0.6) is 0 Å². The third-order valence-electron chi connectivity index (χ3n) is 3.63. The molecule has 0 aromatic heterocycles. The minimum absolute atomic E-state index is 0.126. The van der Waals surface area contributed by atoms with E-state index in [1.807, 2.05) is 20.8 Å². The Morgan fingerprint density at radius 3 is 2.00 bits per heavy atom. The lowest BCUT2D eigenvalue weighted by Crippen LogP contribution is -2.53. The molecule has 0 spiro atoms. The molecule has 2 nitrogen and oxygen atoms in total. The zero-order valence-corrected chi connectivity index (χ0v) is 7.82. The first-order valence-electron chi connectivity index (χ1n) is 4.59. The van der Waals surface area contributed by atoms with Crippen molar-refractivity contribution in [2.24, 2.45) is 11.8 Å². The van der Waals surface area contributed by atoms with Crippen molar-refractivity contribution in [3.05, 3.63) is 12.2 Å². The first kappa shape index (κ1) is 8.27. The zero-order chi connectivity index (χ0) is 8.93. The van der Waals surface area contributed by atoms with Crippen molar-refractivity contribution in [2.75, 3.05) is 0 Å². The Hall–Kier alpha value is -0.340. The molecule has 1 N–H and O–H groups in total. The van der Waals surface area contributed by atoms with E-state index in [1.54, 1.807) is 0 Å². The van der Waals surface area contributed by atoms with Crippen LogP contribution in [0, 0.1) is 11.8 Å². The molecular weight excluding hydrogens is 152 g/mol. The maximum absolute atomic E-state index is 10.2. The summed E-state index contributed by atoms with van der Waals surface area (Å²) in [4.78, 5) is 0. The summed E-state index contributed by atoms with van der Waals surface area (Å²) in [5, 5.41) is 10.2. The van der Waals surface area contributed by atoms with Gasteiger partial charge in [-0.2, -0.15) is 0 Å². The van der Waals surface area contributed by atoms with Gasteiger partial charge in [-0.1, -0.05) is 26.0 Å². The van der Waals surface area contributed by atoms with E-state index in [9.17, 15) is 5.11 Å². The molecule has 0 aliphatic carbocycles. The number of aliphatic hydroxyl groups is 1. The van der Waals surface area contributed by atoms with Crippen LogP contribution >= 0.6 is 0 Å². The normalized spacial score (nSPS) is 57.7. The summed E-state index contributed by atoms with van der Waals surface area (Å²) in [7, 11) is 0. The van der Waals surface area contributed by atoms with Crippen molar-refractivity contribution in [3.63, 3.8) is 0 Å². The molecular formula is C10H16O2. The Morgan fingerprint density at radius 2 is 1.58 bits per heavy atom. The highest BCUT2D eigenvalue weighted by atomic mass is 16.5. The molecule has 2 aliphatic heterocycles. The molecule has 0 aromatic carbocycles. The maximum Gasteiger partial charge on any atom is 0.0817 e. The smallest absolute Gasteiger partial charge is 0.0817 e. The fourth-order valence-corrected chi connectivity index (χ4v) is 2.14. The summed E-state index contributed by atoms with van der Waals surface area (Å²) < 4.78 is 5.69. The van der Waals surface area contributed by atoms with Gasteiger partial charge in [0.2, 0.25) is 0 Å². The van der Waals surface area contributed by atoms with Gasteiger partial charge >= 0.3 is 0 Å². The van der Waals surface area contributed by atoms with Crippen LogP contribution < -0.4 is 0 Å². The van der Waals surface area contributed by atoms with E-state index in [1.165, 1.54) is 0 Å². The number of fused-ring (bicyclic) bond motifs is 2. The monoisotopic (exact) mass is 168 g/mol. The number of ether oxygens (including phenoxy) is 1. The minimum atomic E-state index is -0.586. The van der Waals surface area contributed by atoms with Crippen LogP contribution in [0.25, 0.3) is 0 Å². The van der Waals surface area contributed by atoms with Gasteiger partial charge in [0, 0.05) is 11.8 Å². The van der Waals surface area contributed by atoms with Crippen molar-refractivity contribution < 1.29 is 9.84 Å². The van der Waals surface area contributed by atoms with Crippen molar-refractivity contribution >= 4 is 0 Å². The fourth-order valence-electron chi connectivity index (χ4n) is 2.14. The van der Waals surface area contributed by atoms with E-state index in [0.29, 0.717) is 0 Å². The van der Waals surface area contributed by atoms with Gasteiger partial charge in [0.25, 0.3) is 0 Å². The second-order valence-electron chi connectivity index (χ2n) is 4.25. The molecule has 5 atom stereocenters. The lowest BCUT2D eigenvalue weighted by Gasteiger charge is -2.44. The van der Waals surface area contributed by atoms with Gasteiger partial charge in [0.1, 0.15) is 0 Å². The first-order chi connectivity index (χ1) is 5.53. The Kier molecular flexibility index (Phi) is 1.61. The molecule has 2 rings (SSSR count).